The summed E-state index contributed by atoms with van der Waals surface area (Å²) in [6, 6.07) is 8.51. The van der Waals surface area contributed by atoms with Crippen LogP contribution < -0.4 is 5.32 Å². The van der Waals surface area contributed by atoms with Crippen molar-refractivity contribution >= 4 is 15.9 Å². The average molecular weight is 315 g/mol. The Bertz CT molecular complexity index is 333. The minimum absolute atomic E-state index is 0.780. The Morgan fingerprint density at radius 3 is 2.83 bits per heavy atom. The number of halogens is 1. The van der Waals surface area contributed by atoms with Crippen LogP contribution in [0.5, 0.6) is 0 Å². The molecular formula is C14H23BrN2O. The minimum atomic E-state index is 0.780. The first-order chi connectivity index (χ1) is 8.72. The molecule has 0 bridgehead atoms. The van der Waals surface area contributed by atoms with E-state index in [2.05, 4.69) is 57.5 Å². The van der Waals surface area contributed by atoms with E-state index in [1.807, 2.05) is 0 Å². The number of methoxy groups -OCH3 is 1. The van der Waals surface area contributed by atoms with Crippen molar-refractivity contribution in [2.75, 3.05) is 46.9 Å². The zero-order valence-electron chi connectivity index (χ0n) is 11.3. The lowest BCUT2D eigenvalue weighted by Crippen LogP contribution is -2.32. The SMILES string of the molecule is COCCNCCN(C)CCc1cccc(Br)c1. The van der Waals surface area contributed by atoms with E-state index >= 15 is 0 Å². The van der Waals surface area contributed by atoms with Crippen LogP contribution in [0.25, 0.3) is 0 Å². The Morgan fingerprint density at radius 2 is 2.11 bits per heavy atom. The van der Waals surface area contributed by atoms with E-state index < -0.39 is 0 Å². The van der Waals surface area contributed by atoms with E-state index in [1.54, 1.807) is 7.11 Å². The van der Waals surface area contributed by atoms with Crippen molar-refractivity contribution in [3.63, 3.8) is 0 Å². The van der Waals surface area contributed by atoms with Crippen molar-refractivity contribution in [3.05, 3.63) is 34.3 Å². The van der Waals surface area contributed by atoms with Gasteiger partial charge in [0.05, 0.1) is 6.61 Å². The summed E-state index contributed by atoms with van der Waals surface area (Å²) in [4.78, 5) is 2.35. The summed E-state index contributed by atoms with van der Waals surface area (Å²) in [5, 5.41) is 3.35. The molecule has 0 radical (unpaired) electrons. The van der Waals surface area contributed by atoms with Crippen LogP contribution >= 0.6 is 15.9 Å². The first-order valence-corrected chi connectivity index (χ1v) is 7.14. The van der Waals surface area contributed by atoms with Gasteiger partial charge < -0.3 is 15.0 Å². The van der Waals surface area contributed by atoms with Crippen LogP contribution in [0.1, 0.15) is 5.56 Å². The van der Waals surface area contributed by atoms with Crippen molar-refractivity contribution < 1.29 is 4.74 Å². The smallest absolute Gasteiger partial charge is 0.0587 e. The first-order valence-electron chi connectivity index (χ1n) is 6.35. The highest BCUT2D eigenvalue weighted by Gasteiger charge is 1.99. The monoisotopic (exact) mass is 314 g/mol. The van der Waals surface area contributed by atoms with Gasteiger partial charge in [-0.15, -0.1) is 0 Å². The van der Waals surface area contributed by atoms with Gasteiger partial charge in [-0.05, 0) is 31.2 Å². The van der Waals surface area contributed by atoms with Crippen LogP contribution in [0.2, 0.25) is 0 Å². The summed E-state index contributed by atoms with van der Waals surface area (Å²) in [5.74, 6) is 0. The van der Waals surface area contributed by atoms with Gasteiger partial charge in [0.2, 0.25) is 0 Å². The Kier molecular flexibility index (Phi) is 8.25. The molecule has 0 heterocycles. The molecule has 0 atom stereocenters. The number of nitrogens with one attached hydrogen (secondary N) is 1. The Hall–Kier alpha value is -0.420. The second-order valence-corrected chi connectivity index (χ2v) is 5.34. The van der Waals surface area contributed by atoms with Gasteiger partial charge >= 0.3 is 0 Å². The molecule has 0 aliphatic heterocycles. The zero-order valence-corrected chi connectivity index (χ0v) is 12.9. The van der Waals surface area contributed by atoms with Gasteiger partial charge in [0.1, 0.15) is 0 Å². The van der Waals surface area contributed by atoms with Crippen molar-refractivity contribution in [1.82, 2.24) is 10.2 Å². The van der Waals surface area contributed by atoms with Crippen LogP contribution in [0.4, 0.5) is 0 Å². The molecule has 0 fully saturated rings. The predicted molar refractivity (Wildman–Crippen MR) is 80.1 cm³/mol. The van der Waals surface area contributed by atoms with E-state index in [-0.39, 0.29) is 0 Å². The molecule has 1 N–H and O–H groups in total. The van der Waals surface area contributed by atoms with E-state index in [0.29, 0.717) is 0 Å². The molecule has 0 saturated carbocycles. The summed E-state index contributed by atoms with van der Waals surface area (Å²) in [6.07, 6.45) is 1.09. The van der Waals surface area contributed by atoms with Gasteiger partial charge in [0, 0.05) is 37.8 Å². The quantitative estimate of drug-likeness (QED) is 0.707. The topological polar surface area (TPSA) is 24.5 Å². The lowest BCUT2D eigenvalue weighted by atomic mass is 10.1. The largest absolute Gasteiger partial charge is 0.383 e. The van der Waals surface area contributed by atoms with E-state index in [4.69, 9.17) is 4.74 Å². The highest BCUT2D eigenvalue weighted by molar-refractivity contribution is 9.10. The Balaban J connectivity index is 2.11. The van der Waals surface area contributed by atoms with Crippen molar-refractivity contribution in [1.29, 1.82) is 0 Å². The average Bonchev–Trinajstić information content (AvgIpc) is 2.36. The molecule has 0 aromatic heterocycles. The highest BCUT2D eigenvalue weighted by Crippen LogP contribution is 2.12. The predicted octanol–water partition coefficient (Wildman–Crippen LogP) is 2.16. The lowest BCUT2D eigenvalue weighted by Gasteiger charge is -2.17. The molecule has 0 saturated heterocycles. The third-order valence-electron chi connectivity index (χ3n) is 2.82. The van der Waals surface area contributed by atoms with Crippen LogP contribution in [0.15, 0.2) is 28.7 Å². The van der Waals surface area contributed by atoms with Crippen LogP contribution in [0, 0.1) is 0 Å². The van der Waals surface area contributed by atoms with Gasteiger partial charge in [-0.1, -0.05) is 28.1 Å². The summed E-state index contributed by atoms with van der Waals surface area (Å²) >= 11 is 3.50. The number of benzene rings is 1. The molecule has 102 valence electrons. The molecule has 0 amide bonds. The molecule has 4 heteroatoms. The highest BCUT2D eigenvalue weighted by atomic mass is 79.9. The van der Waals surface area contributed by atoms with Crippen LogP contribution in [-0.2, 0) is 11.2 Å². The second-order valence-electron chi connectivity index (χ2n) is 4.43. The second kappa shape index (κ2) is 9.50. The molecular weight excluding hydrogens is 292 g/mol. The number of hydrogen-bond acceptors (Lipinski definition) is 3. The Morgan fingerprint density at radius 1 is 1.28 bits per heavy atom. The van der Waals surface area contributed by atoms with Crippen molar-refractivity contribution in [3.8, 4) is 0 Å². The molecule has 3 nitrogen and oxygen atoms in total. The van der Waals surface area contributed by atoms with Crippen LogP contribution in [0.3, 0.4) is 0 Å². The van der Waals surface area contributed by atoms with Gasteiger partial charge in [-0.2, -0.15) is 0 Å². The summed E-state index contributed by atoms with van der Waals surface area (Å²) in [7, 11) is 3.89. The third kappa shape index (κ3) is 7.11. The fourth-order valence-corrected chi connectivity index (χ4v) is 2.14. The molecule has 1 aromatic rings. The molecule has 0 aliphatic carbocycles. The number of ether oxygens (including phenoxy) is 1. The fraction of sp³-hybridized carbons (Fsp3) is 0.571. The molecule has 1 aromatic carbocycles. The third-order valence-corrected chi connectivity index (χ3v) is 3.32. The van der Waals surface area contributed by atoms with Gasteiger partial charge in [-0.3, -0.25) is 0 Å². The number of hydrogen-bond donors (Lipinski definition) is 1. The molecule has 0 spiro atoms. The lowest BCUT2D eigenvalue weighted by molar-refractivity contribution is 0.198. The maximum Gasteiger partial charge on any atom is 0.0587 e. The number of nitrogens with zero attached hydrogens (tertiary/aromatic N) is 1. The maximum atomic E-state index is 4.98. The zero-order chi connectivity index (χ0) is 13.2. The van der Waals surface area contributed by atoms with E-state index in [0.717, 1.165) is 43.7 Å². The number of likely N-dealkylation sites (N-methyl/N-ethyl adjacent to an activating group) is 1. The van der Waals surface area contributed by atoms with Gasteiger partial charge in [0.15, 0.2) is 0 Å². The summed E-state index contributed by atoms with van der Waals surface area (Å²) < 4.78 is 6.14. The van der Waals surface area contributed by atoms with Crippen LogP contribution in [-0.4, -0.2) is 51.8 Å². The summed E-state index contributed by atoms with van der Waals surface area (Å²) in [5.41, 5.74) is 1.38. The van der Waals surface area contributed by atoms with Gasteiger partial charge in [-0.25, -0.2) is 0 Å². The molecule has 0 aliphatic rings. The molecule has 18 heavy (non-hydrogen) atoms. The standard InChI is InChI=1S/C14H23BrN2O/c1-17(10-7-16-8-11-18-2)9-6-13-4-3-5-14(15)12-13/h3-5,12,16H,6-11H2,1-2H3. The molecule has 1 rings (SSSR count). The first kappa shape index (κ1) is 15.6. The fourth-order valence-electron chi connectivity index (χ4n) is 1.69. The van der Waals surface area contributed by atoms with E-state index in [9.17, 15) is 0 Å². The van der Waals surface area contributed by atoms with Crippen molar-refractivity contribution in [2.24, 2.45) is 0 Å². The number of rotatable bonds is 9. The Labute approximate surface area is 119 Å². The molecule has 0 unspecified atom stereocenters. The normalized spacial score (nSPS) is 11.1. The minimum Gasteiger partial charge on any atom is -0.383 e. The maximum absolute atomic E-state index is 4.98. The van der Waals surface area contributed by atoms with Crippen molar-refractivity contribution in [2.45, 2.75) is 6.42 Å². The summed E-state index contributed by atoms with van der Waals surface area (Å²) in [6.45, 7) is 4.87. The van der Waals surface area contributed by atoms with Gasteiger partial charge in [0.25, 0.3) is 0 Å². The van der Waals surface area contributed by atoms with E-state index in [1.165, 1.54) is 5.56 Å².